The third-order valence-electron chi connectivity index (χ3n) is 2.43. The molecule has 0 bridgehead atoms. The predicted molar refractivity (Wildman–Crippen MR) is 67.0 cm³/mol. The van der Waals surface area contributed by atoms with Crippen molar-refractivity contribution in [2.45, 2.75) is 46.0 Å². The molecule has 0 radical (unpaired) electrons. The maximum atomic E-state index is 11.4. The van der Waals surface area contributed by atoms with Crippen molar-refractivity contribution in [2.75, 3.05) is 11.9 Å². The van der Waals surface area contributed by atoms with Gasteiger partial charge in [0.2, 0.25) is 5.95 Å². The summed E-state index contributed by atoms with van der Waals surface area (Å²) in [7, 11) is 0. The molecular formula is C12H21N3O. The SMILES string of the molecule is CCCCCNc1nc(C(C)C)cc(=O)[nH]1. The van der Waals surface area contributed by atoms with E-state index in [-0.39, 0.29) is 11.5 Å². The first-order valence-corrected chi connectivity index (χ1v) is 5.98. The van der Waals surface area contributed by atoms with Crippen LogP contribution < -0.4 is 10.9 Å². The van der Waals surface area contributed by atoms with Gasteiger partial charge in [0, 0.05) is 12.6 Å². The largest absolute Gasteiger partial charge is 0.356 e. The predicted octanol–water partition coefficient (Wildman–Crippen LogP) is 2.50. The average molecular weight is 223 g/mol. The third kappa shape index (κ3) is 4.04. The van der Waals surface area contributed by atoms with Crippen molar-refractivity contribution >= 4 is 5.95 Å². The summed E-state index contributed by atoms with van der Waals surface area (Å²) in [5.74, 6) is 0.866. The fourth-order valence-electron chi connectivity index (χ4n) is 1.44. The van der Waals surface area contributed by atoms with E-state index in [1.165, 1.54) is 12.8 Å². The summed E-state index contributed by atoms with van der Waals surface area (Å²) < 4.78 is 0. The summed E-state index contributed by atoms with van der Waals surface area (Å²) in [6, 6.07) is 1.56. The van der Waals surface area contributed by atoms with Crippen molar-refractivity contribution in [3.63, 3.8) is 0 Å². The minimum absolute atomic E-state index is 0.0864. The van der Waals surface area contributed by atoms with E-state index in [4.69, 9.17) is 0 Å². The van der Waals surface area contributed by atoms with E-state index in [9.17, 15) is 4.79 Å². The molecule has 1 aromatic rings. The Morgan fingerprint density at radius 2 is 2.19 bits per heavy atom. The summed E-state index contributed by atoms with van der Waals surface area (Å²) in [5, 5.41) is 3.15. The number of hydrogen-bond acceptors (Lipinski definition) is 3. The number of unbranched alkanes of at least 4 members (excludes halogenated alkanes) is 2. The van der Waals surface area contributed by atoms with Gasteiger partial charge < -0.3 is 5.32 Å². The van der Waals surface area contributed by atoms with Gasteiger partial charge in [0.15, 0.2) is 0 Å². The molecule has 0 amide bonds. The van der Waals surface area contributed by atoms with Gasteiger partial charge in [-0.15, -0.1) is 0 Å². The topological polar surface area (TPSA) is 57.8 Å². The molecule has 4 heteroatoms. The Balaban J connectivity index is 2.62. The first kappa shape index (κ1) is 12.7. The molecule has 0 aromatic carbocycles. The Morgan fingerprint density at radius 3 is 2.81 bits per heavy atom. The van der Waals surface area contributed by atoms with Crippen LogP contribution in [-0.4, -0.2) is 16.5 Å². The molecule has 4 nitrogen and oxygen atoms in total. The lowest BCUT2D eigenvalue weighted by Crippen LogP contribution is -2.15. The van der Waals surface area contributed by atoms with Crippen LogP contribution in [-0.2, 0) is 0 Å². The van der Waals surface area contributed by atoms with Gasteiger partial charge in [0.05, 0.1) is 5.69 Å². The second-order valence-electron chi connectivity index (χ2n) is 4.31. The highest BCUT2D eigenvalue weighted by Gasteiger charge is 2.04. The first-order chi connectivity index (χ1) is 7.63. The summed E-state index contributed by atoms with van der Waals surface area (Å²) in [6.07, 6.45) is 3.49. The molecular weight excluding hydrogens is 202 g/mol. The molecule has 1 heterocycles. The van der Waals surface area contributed by atoms with Gasteiger partial charge in [-0.1, -0.05) is 33.6 Å². The number of aromatic nitrogens is 2. The van der Waals surface area contributed by atoms with Crippen molar-refractivity contribution in [3.8, 4) is 0 Å². The molecule has 0 saturated heterocycles. The molecule has 0 fully saturated rings. The zero-order valence-corrected chi connectivity index (χ0v) is 10.3. The second-order valence-corrected chi connectivity index (χ2v) is 4.31. The van der Waals surface area contributed by atoms with Gasteiger partial charge in [-0.05, 0) is 12.3 Å². The Bertz CT molecular complexity index is 371. The van der Waals surface area contributed by atoms with Crippen LogP contribution in [0.1, 0.15) is 51.6 Å². The van der Waals surface area contributed by atoms with Gasteiger partial charge in [0.25, 0.3) is 5.56 Å². The summed E-state index contributed by atoms with van der Waals surface area (Å²) in [6.45, 7) is 7.09. The smallest absolute Gasteiger partial charge is 0.252 e. The molecule has 0 spiro atoms. The first-order valence-electron chi connectivity index (χ1n) is 5.98. The van der Waals surface area contributed by atoms with E-state index in [0.29, 0.717) is 5.95 Å². The molecule has 0 aliphatic carbocycles. The van der Waals surface area contributed by atoms with Crippen molar-refractivity contribution in [2.24, 2.45) is 0 Å². The van der Waals surface area contributed by atoms with Gasteiger partial charge in [0.1, 0.15) is 0 Å². The summed E-state index contributed by atoms with van der Waals surface area (Å²) >= 11 is 0. The Labute approximate surface area is 96.5 Å². The molecule has 2 N–H and O–H groups in total. The molecule has 0 unspecified atom stereocenters. The Kier molecular flexibility index (Phi) is 5.02. The van der Waals surface area contributed by atoms with Crippen LogP contribution in [0.3, 0.4) is 0 Å². The molecule has 1 aromatic heterocycles. The lowest BCUT2D eigenvalue weighted by atomic mass is 10.1. The fraction of sp³-hybridized carbons (Fsp3) is 0.667. The normalized spacial score (nSPS) is 10.8. The van der Waals surface area contributed by atoms with Crippen LogP contribution in [0, 0.1) is 0 Å². The second kappa shape index (κ2) is 6.30. The Morgan fingerprint density at radius 1 is 1.44 bits per heavy atom. The molecule has 90 valence electrons. The van der Waals surface area contributed by atoms with Gasteiger partial charge in [-0.2, -0.15) is 0 Å². The lowest BCUT2D eigenvalue weighted by molar-refractivity contribution is 0.737. The highest BCUT2D eigenvalue weighted by Crippen LogP contribution is 2.10. The van der Waals surface area contributed by atoms with Crippen LogP contribution in [0.5, 0.6) is 0 Å². The number of anilines is 1. The van der Waals surface area contributed by atoms with Crippen LogP contribution >= 0.6 is 0 Å². The minimum atomic E-state index is -0.0864. The molecule has 1 rings (SSSR count). The van der Waals surface area contributed by atoms with E-state index in [2.05, 4.69) is 22.2 Å². The maximum absolute atomic E-state index is 11.4. The number of H-pyrrole nitrogens is 1. The van der Waals surface area contributed by atoms with Crippen LogP contribution in [0.4, 0.5) is 5.95 Å². The summed E-state index contributed by atoms with van der Waals surface area (Å²) in [4.78, 5) is 18.4. The number of nitrogens with zero attached hydrogens (tertiary/aromatic N) is 1. The van der Waals surface area contributed by atoms with Gasteiger partial charge >= 0.3 is 0 Å². The highest BCUT2D eigenvalue weighted by molar-refractivity contribution is 5.25. The van der Waals surface area contributed by atoms with Crippen molar-refractivity contribution in [1.82, 2.24) is 9.97 Å². The monoisotopic (exact) mass is 223 g/mol. The highest BCUT2D eigenvalue weighted by atomic mass is 16.1. The van der Waals surface area contributed by atoms with Crippen molar-refractivity contribution < 1.29 is 0 Å². The lowest BCUT2D eigenvalue weighted by Gasteiger charge is -2.08. The van der Waals surface area contributed by atoms with E-state index >= 15 is 0 Å². The van der Waals surface area contributed by atoms with Crippen molar-refractivity contribution in [3.05, 3.63) is 22.1 Å². The molecule has 0 atom stereocenters. The fourth-order valence-corrected chi connectivity index (χ4v) is 1.44. The quantitative estimate of drug-likeness (QED) is 0.728. The summed E-state index contributed by atoms with van der Waals surface area (Å²) in [5.41, 5.74) is 0.749. The van der Waals surface area contributed by atoms with Gasteiger partial charge in [-0.3, -0.25) is 9.78 Å². The zero-order chi connectivity index (χ0) is 12.0. The molecule has 0 saturated carbocycles. The molecule has 0 aliphatic heterocycles. The molecule has 16 heavy (non-hydrogen) atoms. The zero-order valence-electron chi connectivity index (χ0n) is 10.3. The maximum Gasteiger partial charge on any atom is 0.252 e. The average Bonchev–Trinajstić information content (AvgIpc) is 2.23. The van der Waals surface area contributed by atoms with Crippen LogP contribution in [0.25, 0.3) is 0 Å². The van der Waals surface area contributed by atoms with Gasteiger partial charge in [-0.25, -0.2) is 4.98 Å². The number of nitrogens with one attached hydrogen (secondary N) is 2. The van der Waals surface area contributed by atoms with Crippen molar-refractivity contribution in [1.29, 1.82) is 0 Å². The third-order valence-corrected chi connectivity index (χ3v) is 2.43. The van der Waals surface area contributed by atoms with E-state index in [1.807, 2.05) is 13.8 Å². The van der Waals surface area contributed by atoms with E-state index in [1.54, 1.807) is 6.07 Å². The Hall–Kier alpha value is -1.32. The standard InChI is InChI=1S/C12H21N3O/c1-4-5-6-7-13-12-14-10(9(2)3)8-11(16)15-12/h8-9H,4-7H2,1-3H3,(H2,13,14,15,16). The van der Waals surface area contributed by atoms with E-state index in [0.717, 1.165) is 18.7 Å². The minimum Gasteiger partial charge on any atom is -0.356 e. The number of aromatic amines is 1. The molecule has 0 aliphatic rings. The van der Waals surface area contributed by atoms with Crippen LogP contribution in [0.2, 0.25) is 0 Å². The number of rotatable bonds is 6. The van der Waals surface area contributed by atoms with Crippen LogP contribution in [0.15, 0.2) is 10.9 Å². The number of hydrogen-bond donors (Lipinski definition) is 2. The van der Waals surface area contributed by atoms with E-state index < -0.39 is 0 Å².